The topological polar surface area (TPSA) is 44.6 Å². The maximum absolute atomic E-state index is 8.51. The Bertz CT molecular complexity index is 136. The molecule has 78 valence electrons. The van der Waals surface area contributed by atoms with Crippen molar-refractivity contribution >= 4 is 17.5 Å². The maximum atomic E-state index is 8.51. The van der Waals surface area contributed by atoms with Gasteiger partial charge in [0.2, 0.25) is 0 Å². The number of thioether (sulfide) groups is 1. The van der Waals surface area contributed by atoms with Crippen LogP contribution in [0.2, 0.25) is 0 Å². The van der Waals surface area contributed by atoms with Gasteiger partial charge in [0.05, 0.1) is 13.2 Å². The largest absolute Gasteiger partial charge is 0.396 e. The van der Waals surface area contributed by atoms with Crippen molar-refractivity contribution in [2.45, 2.75) is 13.8 Å². The van der Waals surface area contributed by atoms with E-state index in [4.69, 9.17) is 5.11 Å². The number of aliphatic hydroxyl groups excluding tert-OH is 1. The molecule has 0 amide bonds. The van der Waals surface area contributed by atoms with Crippen LogP contribution in [0.4, 0.5) is 0 Å². The highest BCUT2D eigenvalue weighted by Crippen LogP contribution is 1.95. The van der Waals surface area contributed by atoms with E-state index in [2.05, 4.69) is 10.3 Å². The Hall–Kier alpha value is -0.0600. The molecule has 0 aliphatic rings. The Labute approximate surface area is 85.0 Å². The standard InChI is InChI=1S/C9H20N2OS/c1-9(2)11-4-3-10-5-7-13-8-6-12/h10,12H,3-8H2,1-2H3. The third kappa shape index (κ3) is 11.9. The summed E-state index contributed by atoms with van der Waals surface area (Å²) in [6, 6.07) is 0. The molecule has 0 radical (unpaired) electrons. The van der Waals surface area contributed by atoms with Crippen molar-refractivity contribution < 1.29 is 5.11 Å². The van der Waals surface area contributed by atoms with Gasteiger partial charge in [0.15, 0.2) is 0 Å². The Kier molecular flexibility index (Phi) is 9.98. The fourth-order valence-electron chi connectivity index (χ4n) is 0.795. The number of hydrogen-bond donors (Lipinski definition) is 2. The van der Waals surface area contributed by atoms with E-state index in [9.17, 15) is 0 Å². The fourth-order valence-corrected chi connectivity index (χ4v) is 1.42. The zero-order chi connectivity index (χ0) is 9.94. The quantitative estimate of drug-likeness (QED) is 0.454. The number of rotatable bonds is 8. The SMILES string of the molecule is CC(C)=NCCNCCSCCO. The summed E-state index contributed by atoms with van der Waals surface area (Å²) in [5, 5.41) is 11.8. The minimum absolute atomic E-state index is 0.282. The van der Waals surface area contributed by atoms with E-state index in [1.807, 2.05) is 13.8 Å². The average molecular weight is 204 g/mol. The van der Waals surface area contributed by atoms with Crippen LogP contribution < -0.4 is 5.32 Å². The van der Waals surface area contributed by atoms with Gasteiger partial charge in [0.25, 0.3) is 0 Å². The molecule has 0 saturated carbocycles. The lowest BCUT2D eigenvalue weighted by atomic mass is 10.5. The molecule has 4 heteroatoms. The van der Waals surface area contributed by atoms with Gasteiger partial charge in [-0.25, -0.2) is 0 Å². The molecule has 0 aromatic rings. The lowest BCUT2D eigenvalue weighted by molar-refractivity contribution is 0.322. The summed E-state index contributed by atoms with van der Waals surface area (Å²) < 4.78 is 0. The first-order chi connectivity index (χ1) is 6.27. The Morgan fingerprint density at radius 2 is 2.08 bits per heavy atom. The molecular weight excluding hydrogens is 184 g/mol. The second kappa shape index (κ2) is 10.0. The van der Waals surface area contributed by atoms with E-state index in [1.54, 1.807) is 11.8 Å². The van der Waals surface area contributed by atoms with Gasteiger partial charge in [0.1, 0.15) is 0 Å². The van der Waals surface area contributed by atoms with Gasteiger partial charge in [-0.1, -0.05) is 0 Å². The number of hydrogen-bond acceptors (Lipinski definition) is 4. The number of aliphatic hydroxyl groups is 1. The van der Waals surface area contributed by atoms with E-state index in [0.29, 0.717) is 0 Å². The molecule has 3 nitrogen and oxygen atoms in total. The summed E-state index contributed by atoms with van der Waals surface area (Å²) in [6.45, 7) is 7.12. The van der Waals surface area contributed by atoms with Crippen LogP contribution >= 0.6 is 11.8 Å². The van der Waals surface area contributed by atoms with Crippen molar-refractivity contribution in [2.24, 2.45) is 4.99 Å². The molecule has 0 rings (SSSR count). The van der Waals surface area contributed by atoms with Gasteiger partial charge in [0, 0.05) is 30.3 Å². The highest BCUT2D eigenvalue weighted by molar-refractivity contribution is 7.99. The predicted octanol–water partition coefficient (Wildman–Crippen LogP) is 0.782. The molecule has 13 heavy (non-hydrogen) atoms. The Balaban J connectivity index is 2.96. The van der Waals surface area contributed by atoms with Gasteiger partial charge >= 0.3 is 0 Å². The molecule has 2 N–H and O–H groups in total. The van der Waals surface area contributed by atoms with Gasteiger partial charge in [-0.2, -0.15) is 11.8 Å². The highest BCUT2D eigenvalue weighted by Gasteiger charge is 1.88. The van der Waals surface area contributed by atoms with Crippen LogP contribution in [-0.4, -0.2) is 48.6 Å². The number of aliphatic imine (C=N–C) groups is 1. The Morgan fingerprint density at radius 1 is 1.31 bits per heavy atom. The van der Waals surface area contributed by atoms with Crippen LogP contribution in [0.1, 0.15) is 13.8 Å². The average Bonchev–Trinajstić information content (AvgIpc) is 2.09. The maximum Gasteiger partial charge on any atom is 0.0521 e. The fraction of sp³-hybridized carbons (Fsp3) is 0.889. The van der Waals surface area contributed by atoms with Gasteiger partial charge in [-0.05, 0) is 13.8 Å². The summed E-state index contributed by atoms with van der Waals surface area (Å²) in [6.07, 6.45) is 0. The molecule has 0 aromatic carbocycles. The van der Waals surface area contributed by atoms with E-state index in [0.717, 1.165) is 36.9 Å². The summed E-state index contributed by atoms with van der Waals surface area (Å²) in [7, 11) is 0. The first kappa shape index (κ1) is 12.9. The number of nitrogens with one attached hydrogen (secondary N) is 1. The zero-order valence-electron chi connectivity index (χ0n) is 8.55. The summed E-state index contributed by atoms with van der Waals surface area (Å²) in [4.78, 5) is 4.27. The van der Waals surface area contributed by atoms with Crippen LogP contribution in [0.3, 0.4) is 0 Å². The molecule has 0 bridgehead atoms. The minimum atomic E-state index is 0.282. The number of nitrogens with zero attached hydrogens (tertiary/aromatic N) is 1. The molecule has 0 fully saturated rings. The lowest BCUT2D eigenvalue weighted by Gasteiger charge is -2.01. The van der Waals surface area contributed by atoms with E-state index >= 15 is 0 Å². The molecule has 0 aromatic heterocycles. The lowest BCUT2D eigenvalue weighted by Crippen LogP contribution is -2.20. The van der Waals surface area contributed by atoms with Gasteiger partial charge in [-0.3, -0.25) is 4.99 Å². The smallest absolute Gasteiger partial charge is 0.0521 e. The first-order valence-electron chi connectivity index (χ1n) is 4.64. The van der Waals surface area contributed by atoms with E-state index in [-0.39, 0.29) is 6.61 Å². The normalized spacial score (nSPS) is 10.1. The van der Waals surface area contributed by atoms with Crippen LogP contribution in [0.15, 0.2) is 4.99 Å². The molecule has 0 aliphatic heterocycles. The molecule has 0 atom stereocenters. The summed E-state index contributed by atoms with van der Waals surface area (Å²) in [5.41, 5.74) is 1.14. The van der Waals surface area contributed by atoms with Crippen molar-refractivity contribution in [2.75, 3.05) is 37.7 Å². The molecule has 0 aliphatic carbocycles. The second-order valence-corrected chi connectivity index (χ2v) is 4.14. The molecule has 0 unspecified atom stereocenters. The first-order valence-corrected chi connectivity index (χ1v) is 5.80. The van der Waals surface area contributed by atoms with Crippen LogP contribution in [0, 0.1) is 0 Å². The monoisotopic (exact) mass is 204 g/mol. The predicted molar refractivity (Wildman–Crippen MR) is 60.9 cm³/mol. The van der Waals surface area contributed by atoms with Crippen LogP contribution in [-0.2, 0) is 0 Å². The zero-order valence-corrected chi connectivity index (χ0v) is 9.36. The van der Waals surface area contributed by atoms with Crippen molar-refractivity contribution in [3.8, 4) is 0 Å². The van der Waals surface area contributed by atoms with Crippen molar-refractivity contribution in [3.63, 3.8) is 0 Å². The summed E-state index contributed by atoms with van der Waals surface area (Å²) in [5.74, 6) is 1.91. The van der Waals surface area contributed by atoms with Crippen molar-refractivity contribution in [3.05, 3.63) is 0 Å². The highest BCUT2D eigenvalue weighted by atomic mass is 32.2. The molecule has 0 heterocycles. The summed E-state index contributed by atoms with van der Waals surface area (Å²) >= 11 is 1.77. The minimum Gasteiger partial charge on any atom is -0.396 e. The third-order valence-corrected chi connectivity index (χ3v) is 2.34. The van der Waals surface area contributed by atoms with E-state index < -0.39 is 0 Å². The molecular formula is C9H20N2OS. The van der Waals surface area contributed by atoms with Crippen molar-refractivity contribution in [1.82, 2.24) is 5.32 Å². The van der Waals surface area contributed by atoms with Crippen LogP contribution in [0.5, 0.6) is 0 Å². The van der Waals surface area contributed by atoms with Crippen molar-refractivity contribution in [1.29, 1.82) is 0 Å². The molecule has 0 spiro atoms. The Morgan fingerprint density at radius 3 is 2.69 bits per heavy atom. The third-order valence-electron chi connectivity index (χ3n) is 1.38. The van der Waals surface area contributed by atoms with Gasteiger partial charge < -0.3 is 10.4 Å². The van der Waals surface area contributed by atoms with Gasteiger partial charge in [-0.15, -0.1) is 0 Å². The second-order valence-electron chi connectivity index (χ2n) is 2.91. The molecule has 0 saturated heterocycles. The van der Waals surface area contributed by atoms with E-state index in [1.165, 1.54) is 0 Å². The van der Waals surface area contributed by atoms with Crippen LogP contribution in [0.25, 0.3) is 0 Å².